The predicted molar refractivity (Wildman–Crippen MR) is 68.6 cm³/mol. The van der Waals surface area contributed by atoms with Gasteiger partial charge in [0.05, 0.1) is 16.7 Å². The number of halogens is 1. The van der Waals surface area contributed by atoms with E-state index in [1.54, 1.807) is 6.07 Å². The van der Waals surface area contributed by atoms with Crippen LogP contribution >= 0.6 is 24.2 Å². The first kappa shape index (κ1) is 12.0. The lowest BCUT2D eigenvalue weighted by Gasteiger charge is -2.23. The molecule has 1 N–H and O–H groups in total. The molecule has 1 amide bonds. The predicted octanol–water partition coefficient (Wildman–Crippen LogP) is 2.61. The molecule has 1 aromatic rings. The van der Waals surface area contributed by atoms with Crippen molar-refractivity contribution in [2.75, 3.05) is 0 Å². The molecule has 0 saturated heterocycles. The minimum absolute atomic E-state index is 0.154. The number of carbonyl (C=O) groups excluding carboxylic acids is 1. The van der Waals surface area contributed by atoms with E-state index < -0.39 is 0 Å². The molecule has 0 fully saturated rings. The fourth-order valence-corrected chi connectivity index (χ4v) is 2.45. The highest BCUT2D eigenvalue weighted by Crippen LogP contribution is 2.36. The van der Waals surface area contributed by atoms with E-state index in [0.29, 0.717) is 15.6 Å². The second-order valence-electron chi connectivity index (χ2n) is 3.70. The van der Waals surface area contributed by atoms with Gasteiger partial charge < -0.3 is 5.32 Å². The van der Waals surface area contributed by atoms with E-state index in [0.717, 1.165) is 5.56 Å². The maximum atomic E-state index is 11.5. The molecule has 1 heterocycles. The summed E-state index contributed by atoms with van der Waals surface area (Å²) in [6, 6.07) is 9.30. The number of amides is 1. The Bertz CT molecular complexity index is 548. The van der Waals surface area contributed by atoms with Crippen LogP contribution in [0.4, 0.5) is 0 Å². The van der Waals surface area contributed by atoms with Gasteiger partial charge in [0.15, 0.2) is 0 Å². The first-order chi connectivity index (χ1) is 8.13. The van der Waals surface area contributed by atoms with Gasteiger partial charge in [-0.15, -0.1) is 12.6 Å². The third-order valence-electron chi connectivity index (χ3n) is 2.65. The number of hydrogen-bond acceptors (Lipinski definition) is 3. The summed E-state index contributed by atoms with van der Waals surface area (Å²) in [6.07, 6.45) is 0.219. The summed E-state index contributed by atoms with van der Waals surface area (Å²) in [4.78, 5) is 11.5. The van der Waals surface area contributed by atoms with E-state index >= 15 is 0 Å². The fraction of sp³-hybridized carbons (Fsp3) is 0.167. The maximum Gasteiger partial charge on any atom is 0.225 e. The lowest BCUT2D eigenvalue weighted by molar-refractivity contribution is -0.120. The molecule has 1 atom stereocenters. The van der Waals surface area contributed by atoms with E-state index in [1.807, 2.05) is 18.2 Å². The molecule has 0 saturated carbocycles. The summed E-state index contributed by atoms with van der Waals surface area (Å²) >= 11 is 10.2. The highest BCUT2D eigenvalue weighted by molar-refractivity contribution is 7.84. The van der Waals surface area contributed by atoms with Crippen molar-refractivity contribution in [3.05, 3.63) is 45.5 Å². The Balaban J connectivity index is 2.51. The third-order valence-corrected chi connectivity index (χ3v) is 3.35. The van der Waals surface area contributed by atoms with Gasteiger partial charge in [-0.2, -0.15) is 5.26 Å². The number of benzene rings is 1. The summed E-state index contributed by atoms with van der Waals surface area (Å²) in [6.45, 7) is 0. The number of nitrogens with zero attached hydrogens (tertiary/aromatic N) is 1. The normalized spacial score (nSPS) is 19.8. The molecule has 2 rings (SSSR count). The second kappa shape index (κ2) is 4.82. The summed E-state index contributed by atoms with van der Waals surface area (Å²) in [5, 5.41) is 12.5. The molecule has 0 unspecified atom stereocenters. The van der Waals surface area contributed by atoms with Crippen LogP contribution in [0.25, 0.3) is 0 Å². The molecule has 1 aliphatic rings. The molecule has 86 valence electrons. The van der Waals surface area contributed by atoms with Crippen LogP contribution in [0.15, 0.2) is 34.9 Å². The number of allylic oxidation sites excluding steroid dienone is 1. The van der Waals surface area contributed by atoms with Crippen molar-refractivity contribution in [1.29, 1.82) is 5.26 Å². The zero-order valence-electron chi connectivity index (χ0n) is 8.77. The Labute approximate surface area is 109 Å². The van der Waals surface area contributed by atoms with Gasteiger partial charge in [0.2, 0.25) is 5.91 Å². The lowest BCUT2D eigenvalue weighted by atomic mass is 9.87. The van der Waals surface area contributed by atoms with Crippen LogP contribution in [-0.2, 0) is 4.79 Å². The van der Waals surface area contributed by atoms with Gasteiger partial charge in [-0.25, -0.2) is 0 Å². The molecule has 0 bridgehead atoms. The van der Waals surface area contributed by atoms with Gasteiger partial charge in [0, 0.05) is 17.4 Å². The second-order valence-corrected chi connectivity index (χ2v) is 4.55. The number of nitriles is 1. The van der Waals surface area contributed by atoms with Gasteiger partial charge in [-0.1, -0.05) is 29.8 Å². The quantitative estimate of drug-likeness (QED) is 0.766. The molecule has 0 radical (unpaired) electrons. The van der Waals surface area contributed by atoms with Crippen LogP contribution in [-0.4, -0.2) is 5.91 Å². The third kappa shape index (κ3) is 2.31. The molecule has 0 aliphatic carbocycles. The highest BCUT2D eigenvalue weighted by Gasteiger charge is 2.29. The van der Waals surface area contributed by atoms with Crippen LogP contribution in [0, 0.1) is 11.3 Å². The smallest absolute Gasteiger partial charge is 0.225 e. The summed E-state index contributed by atoms with van der Waals surface area (Å²) in [5.74, 6) is -0.464. The van der Waals surface area contributed by atoms with Crippen LogP contribution in [0.2, 0.25) is 5.02 Å². The molecular weight excluding hydrogens is 256 g/mol. The van der Waals surface area contributed by atoms with Crippen molar-refractivity contribution in [3.63, 3.8) is 0 Å². The van der Waals surface area contributed by atoms with E-state index in [1.165, 1.54) is 0 Å². The van der Waals surface area contributed by atoms with Gasteiger partial charge in [0.1, 0.15) is 0 Å². The van der Waals surface area contributed by atoms with Crippen molar-refractivity contribution in [2.24, 2.45) is 0 Å². The maximum absolute atomic E-state index is 11.5. The van der Waals surface area contributed by atoms with E-state index in [9.17, 15) is 4.79 Å². The molecule has 3 nitrogen and oxygen atoms in total. The van der Waals surface area contributed by atoms with Crippen LogP contribution in [0.3, 0.4) is 0 Å². The van der Waals surface area contributed by atoms with Crippen molar-refractivity contribution in [1.82, 2.24) is 5.32 Å². The van der Waals surface area contributed by atoms with Crippen molar-refractivity contribution in [3.8, 4) is 6.07 Å². The minimum Gasteiger partial charge on any atom is -0.320 e. The topological polar surface area (TPSA) is 52.9 Å². The number of thiol groups is 1. The average Bonchev–Trinajstić information content (AvgIpc) is 2.28. The number of nitrogens with one attached hydrogen (secondary N) is 1. The van der Waals surface area contributed by atoms with Crippen molar-refractivity contribution < 1.29 is 4.79 Å². The van der Waals surface area contributed by atoms with Gasteiger partial charge >= 0.3 is 0 Å². The number of rotatable bonds is 1. The Morgan fingerprint density at radius 2 is 2.18 bits per heavy atom. The molecule has 1 aromatic carbocycles. The van der Waals surface area contributed by atoms with Crippen molar-refractivity contribution >= 4 is 30.1 Å². The van der Waals surface area contributed by atoms with Crippen LogP contribution < -0.4 is 5.32 Å². The summed E-state index contributed by atoms with van der Waals surface area (Å²) in [7, 11) is 0. The Morgan fingerprint density at radius 3 is 2.82 bits per heavy atom. The zero-order chi connectivity index (χ0) is 12.4. The average molecular weight is 265 g/mol. The van der Waals surface area contributed by atoms with Gasteiger partial charge in [0.25, 0.3) is 0 Å². The number of hydrogen-bond donors (Lipinski definition) is 2. The highest BCUT2D eigenvalue weighted by atomic mass is 35.5. The first-order valence-electron chi connectivity index (χ1n) is 5.01. The number of carbonyl (C=O) groups is 1. The molecule has 1 aliphatic heterocycles. The summed E-state index contributed by atoms with van der Waals surface area (Å²) < 4.78 is 0. The Hall–Kier alpha value is -1.44. The van der Waals surface area contributed by atoms with Crippen molar-refractivity contribution in [2.45, 2.75) is 12.3 Å². The van der Waals surface area contributed by atoms with E-state index in [2.05, 4.69) is 24.0 Å². The van der Waals surface area contributed by atoms with Crippen LogP contribution in [0.1, 0.15) is 17.9 Å². The molecule has 0 spiro atoms. The largest absolute Gasteiger partial charge is 0.320 e. The Morgan fingerprint density at radius 1 is 1.47 bits per heavy atom. The SMILES string of the molecule is N#CC1=C(S)NC(=O)C[C@H]1c1ccccc1Cl. The minimum atomic E-state index is -0.310. The standard InChI is InChI=1S/C12H9ClN2OS/c13-10-4-2-1-3-7(10)8-5-11(16)15-12(17)9(8)6-14/h1-4,8,17H,5H2,(H,15,16)/t8-/m0/s1. The monoisotopic (exact) mass is 264 g/mol. The lowest BCUT2D eigenvalue weighted by Crippen LogP contribution is -2.30. The molecule has 0 aromatic heterocycles. The van der Waals surface area contributed by atoms with Gasteiger partial charge in [-0.3, -0.25) is 4.79 Å². The molecule has 5 heteroatoms. The summed E-state index contributed by atoms with van der Waals surface area (Å²) in [5.41, 5.74) is 1.23. The first-order valence-corrected chi connectivity index (χ1v) is 5.83. The molecule has 17 heavy (non-hydrogen) atoms. The molecular formula is C12H9ClN2OS. The van der Waals surface area contributed by atoms with Gasteiger partial charge in [-0.05, 0) is 11.6 Å². The van der Waals surface area contributed by atoms with E-state index in [-0.39, 0.29) is 18.2 Å². The Kier molecular flexibility index (Phi) is 3.41. The zero-order valence-corrected chi connectivity index (χ0v) is 10.4. The van der Waals surface area contributed by atoms with Crippen LogP contribution in [0.5, 0.6) is 0 Å². The fourth-order valence-electron chi connectivity index (χ4n) is 1.86. The van der Waals surface area contributed by atoms with E-state index in [4.69, 9.17) is 16.9 Å².